The first-order chi connectivity index (χ1) is 6.29. The number of hydrogen-bond donors (Lipinski definition) is 0. The maximum absolute atomic E-state index is 2.45. The second-order valence-electron chi connectivity index (χ2n) is 3.72. The van der Waals surface area contributed by atoms with E-state index in [2.05, 4.69) is 52.3 Å². The van der Waals surface area contributed by atoms with E-state index in [4.69, 9.17) is 0 Å². The monoisotopic (exact) mass is 278 g/mol. The van der Waals surface area contributed by atoms with E-state index in [1.54, 1.807) is 3.58 Å². The van der Waals surface area contributed by atoms with Crippen molar-refractivity contribution in [2.24, 2.45) is 0 Å². The molecule has 0 saturated carbocycles. The Morgan fingerprint density at radius 2 is 1.54 bits per heavy atom. The van der Waals surface area contributed by atoms with E-state index in [-0.39, 0.29) is 0 Å². The number of rotatable bonds is 1. The summed E-state index contributed by atoms with van der Waals surface area (Å²) in [6, 6.07) is 15.4. The summed E-state index contributed by atoms with van der Waals surface area (Å²) in [7, 11) is 0. The number of fused-ring (bicyclic) bond motifs is 1. The molecule has 0 aliphatic heterocycles. The third-order valence-electron chi connectivity index (χ3n) is 2.45. The molecule has 0 saturated heterocycles. The summed E-state index contributed by atoms with van der Waals surface area (Å²) < 4.78 is 1.65. The zero-order chi connectivity index (χ0) is 9.26. The zero-order valence-electron chi connectivity index (χ0n) is 8.12. The summed E-state index contributed by atoms with van der Waals surface area (Å²) >= 11 is -1.34. The summed E-state index contributed by atoms with van der Waals surface area (Å²) in [4.78, 5) is 4.90. The second kappa shape index (κ2) is 3.70. The summed E-state index contributed by atoms with van der Waals surface area (Å²) in [5.41, 5.74) is 0. The van der Waals surface area contributed by atoms with Crippen molar-refractivity contribution in [3.63, 3.8) is 0 Å². The molecular weight excluding hydrogens is 263 g/mol. The van der Waals surface area contributed by atoms with Gasteiger partial charge < -0.3 is 0 Å². The molecule has 0 fully saturated rings. The SMILES string of the molecule is [CH3][SnH]([CH3])[c]1cccc2ccccc12. The molecule has 0 spiro atoms. The summed E-state index contributed by atoms with van der Waals surface area (Å²) in [6.45, 7) is 0. The van der Waals surface area contributed by atoms with Crippen LogP contribution < -0.4 is 3.58 Å². The first-order valence-corrected chi connectivity index (χ1v) is 13.0. The molecule has 0 N–H and O–H groups in total. The van der Waals surface area contributed by atoms with Crippen LogP contribution in [-0.4, -0.2) is 19.8 Å². The molecule has 0 heterocycles. The van der Waals surface area contributed by atoms with Gasteiger partial charge >= 0.3 is 86.5 Å². The molecular formula is C12H14Sn. The van der Waals surface area contributed by atoms with E-state index in [1.807, 2.05) is 0 Å². The molecule has 0 radical (unpaired) electrons. The van der Waals surface area contributed by atoms with Crippen molar-refractivity contribution in [3.05, 3.63) is 42.5 Å². The standard InChI is InChI=1S/C10H7.2CH3.Sn.H/c1-2-6-10-8-4-3-7-9(10)5-1;;;;/h1-7H;2*1H3;;. The van der Waals surface area contributed by atoms with E-state index >= 15 is 0 Å². The van der Waals surface area contributed by atoms with E-state index in [1.165, 1.54) is 10.8 Å². The van der Waals surface area contributed by atoms with Gasteiger partial charge in [0, 0.05) is 0 Å². The fourth-order valence-electron chi connectivity index (χ4n) is 1.75. The fraction of sp³-hybridized carbons (Fsp3) is 0.167. The van der Waals surface area contributed by atoms with E-state index in [0.29, 0.717) is 0 Å². The number of hydrogen-bond acceptors (Lipinski definition) is 0. The molecule has 0 atom stereocenters. The molecule has 0 nitrogen and oxygen atoms in total. The molecule has 0 aliphatic rings. The molecule has 66 valence electrons. The Morgan fingerprint density at radius 3 is 2.31 bits per heavy atom. The Labute approximate surface area is 86.3 Å². The molecule has 2 aromatic rings. The van der Waals surface area contributed by atoms with Gasteiger partial charge in [0.2, 0.25) is 0 Å². The van der Waals surface area contributed by atoms with Gasteiger partial charge in [0.05, 0.1) is 0 Å². The molecule has 2 rings (SSSR count). The van der Waals surface area contributed by atoms with Gasteiger partial charge in [-0.3, -0.25) is 0 Å². The van der Waals surface area contributed by atoms with Gasteiger partial charge in [-0.25, -0.2) is 0 Å². The Hall–Kier alpha value is -0.501. The van der Waals surface area contributed by atoms with Crippen LogP contribution in [0.4, 0.5) is 0 Å². The van der Waals surface area contributed by atoms with E-state index in [0.717, 1.165) is 0 Å². The quantitative estimate of drug-likeness (QED) is 0.703. The summed E-state index contributed by atoms with van der Waals surface area (Å²) in [6.07, 6.45) is 0. The normalized spacial score (nSPS) is 11.0. The minimum atomic E-state index is -1.34. The van der Waals surface area contributed by atoms with Gasteiger partial charge in [-0.2, -0.15) is 0 Å². The van der Waals surface area contributed by atoms with Gasteiger partial charge in [-0.05, 0) is 0 Å². The van der Waals surface area contributed by atoms with Crippen LogP contribution in [0.1, 0.15) is 0 Å². The zero-order valence-corrected chi connectivity index (χ0v) is 11.4. The fourth-order valence-corrected chi connectivity index (χ4v) is 5.70. The Balaban J connectivity index is 2.76. The topological polar surface area (TPSA) is 0 Å². The van der Waals surface area contributed by atoms with Crippen molar-refractivity contribution >= 4 is 34.1 Å². The van der Waals surface area contributed by atoms with Crippen molar-refractivity contribution < 1.29 is 0 Å². The van der Waals surface area contributed by atoms with Crippen LogP contribution in [0, 0.1) is 0 Å². The van der Waals surface area contributed by atoms with Gasteiger partial charge in [0.15, 0.2) is 0 Å². The molecule has 0 aliphatic carbocycles. The average Bonchev–Trinajstić information content (AvgIpc) is 2.17. The molecule has 0 aromatic heterocycles. The van der Waals surface area contributed by atoms with Gasteiger partial charge in [0.1, 0.15) is 0 Å². The van der Waals surface area contributed by atoms with Gasteiger partial charge in [0.25, 0.3) is 0 Å². The summed E-state index contributed by atoms with van der Waals surface area (Å²) in [5.74, 6) is 0. The third kappa shape index (κ3) is 1.73. The van der Waals surface area contributed by atoms with Crippen molar-refractivity contribution in [2.45, 2.75) is 9.88 Å². The number of benzene rings is 2. The van der Waals surface area contributed by atoms with Crippen LogP contribution in [0.5, 0.6) is 0 Å². The van der Waals surface area contributed by atoms with Crippen molar-refractivity contribution in [3.8, 4) is 0 Å². The van der Waals surface area contributed by atoms with E-state index in [9.17, 15) is 0 Å². The van der Waals surface area contributed by atoms with E-state index < -0.39 is 19.8 Å². The summed E-state index contributed by atoms with van der Waals surface area (Å²) in [5, 5.41) is 2.88. The molecule has 0 unspecified atom stereocenters. The van der Waals surface area contributed by atoms with Crippen LogP contribution in [0.25, 0.3) is 10.8 Å². The second-order valence-corrected chi connectivity index (χ2v) is 12.1. The third-order valence-corrected chi connectivity index (χ3v) is 7.43. The van der Waals surface area contributed by atoms with Crippen molar-refractivity contribution in [2.75, 3.05) is 0 Å². The van der Waals surface area contributed by atoms with Crippen molar-refractivity contribution in [1.29, 1.82) is 0 Å². The van der Waals surface area contributed by atoms with Crippen LogP contribution in [-0.2, 0) is 0 Å². The van der Waals surface area contributed by atoms with Crippen LogP contribution >= 0.6 is 0 Å². The van der Waals surface area contributed by atoms with Crippen LogP contribution in [0.2, 0.25) is 9.88 Å². The maximum atomic E-state index is 2.45. The Bertz CT molecular complexity index is 413. The molecule has 1 heteroatoms. The van der Waals surface area contributed by atoms with Crippen LogP contribution in [0.3, 0.4) is 0 Å². The Kier molecular flexibility index (Phi) is 2.58. The van der Waals surface area contributed by atoms with Gasteiger partial charge in [-0.15, -0.1) is 0 Å². The average molecular weight is 277 g/mol. The first kappa shape index (κ1) is 9.07. The molecule has 0 amide bonds. The molecule has 2 aromatic carbocycles. The molecule has 0 bridgehead atoms. The van der Waals surface area contributed by atoms with Gasteiger partial charge in [-0.1, -0.05) is 0 Å². The first-order valence-electron chi connectivity index (χ1n) is 4.76. The predicted octanol–water partition coefficient (Wildman–Crippen LogP) is 2.53. The molecule has 13 heavy (non-hydrogen) atoms. The minimum absolute atomic E-state index is 1.34. The van der Waals surface area contributed by atoms with Crippen molar-refractivity contribution in [1.82, 2.24) is 0 Å². The predicted molar refractivity (Wildman–Crippen MR) is 62.5 cm³/mol. The Morgan fingerprint density at radius 1 is 0.846 bits per heavy atom. The van der Waals surface area contributed by atoms with Crippen LogP contribution in [0.15, 0.2) is 42.5 Å².